The number of carbonyl (C=O) groups excluding carboxylic acids is 2. The zero-order valence-corrected chi connectivity index (χ0v) is 19.3. The monoisotopic (exact) mass is 471 g/mol. The number of nitrogens with zero attached hydrogens (tertiary/aromatic N) is 1. The van der Waals surface area contributed by atoms with E-state index in [0.717, 1.165) is 5.56 Å². The molecule has 0 saturated heterocycles. The van der Waals surface area contributed by atoms with Crippen molar-refractivity contribution in [3.05, 3.63) is 82.6 Å². The molecule has 0 fully saturated rings. The predicted molar refractivity (Wildman–Crippen MR) is 126 cm³/mol. The fourth-order valence-electron chi connectivity index (χ4n) is 2.99. The summed E-state index contributed by atoms with van der Waals surface area (Å²) in [6, 6.07) is 17.2. The Morgan fingerprint density at radius 1 is 1.00 bits per heavy atom. The van der Waals surface area contributed by atoms with Gasteiger partial charge in [-0.2, -0.15) is 15.6 Å². The van der Waals surface area contributed by atoms with Gasteiger partial charge in [-0.15, -0.1) is 0 Å². The SMILES string of the molecule is CN(Cc1ccccc1)S(=O)(=O)c1ccc(NC(=O)CCCNC(=O)c2ccsc2)cc1. The molecule has 0 radical (unpaired) electrons. The largest absolute Gasteiger partial charge is 0.352 e. The Morgan fingerprint density at radius 3 is 2.38 bits per heavy atom. The van der Waals surface area contributed by atoms with Gasteiger partial charge in [0.2, 0.25) is 15.9 Å². The number of thiophene rings is 1. The van der Waals surface area contributed by atoms with Crippen molar-refractivity contribution in [2.45, 2.75) is 24.3 Å². The lowest BCUT2D eigenvalue weighted by atomic mass is 10.2. The quantitative estimate of drug-likeness (QED) is 0.441. The molecule has 1 aromatic heterocycles. The van der Waals surface area contributed by atoms with Crippen LogP contribution in [0.3, 0.4) is 0 Å². The van der Waals surface area contributed by atoms with Crippen LogP contribution >= 0.6 is 11.3 Å². The molecule has 1 heterocycles. The maximum atomic E-state index is 12.8. The molecule has 2 amide bonds. The lowest BCUT2D eigenvalue weighted by Gasteiger charge is -2.17. The molecule has 0 aliphatic heterocycles. The minimum atomic E-state index is -3.65. The molecule has 0 unspecified atom stereocenters. The maximum Gasteiger partial charge on any atom is 0.252 e. The van der Waals surface area contributed by atoms with E-state index in [-0.39, 0.29) is 29.7 Å². The Labute approximate surface area is 192 Å². The van der Waals surface area contributed by atoms with Gasteiger partial charge in [-0.05, 0) is 47.7 Å². The molecule has 3 rings (SSSR count). The number of benzene rings is 2. The van der Waals surface area contributed by atoms with E-state index in [4.69, 9.17) is 0 Å². The molecule has 7 nitrogen and oxygen atoms in total. The van der Waals surface area contributed by atoms with Crippen molar-refractivity contribution < 1.29 is 18.0 Å². The summed E-state index contributed by atoms with van der Waals surface area (Å²) >= 11 is 1.45. The maximum absolute atomic E-state index is 12.8. The Hall–Kier alpha value is -3.01. The molecule has 32 heavy (non-hydrogen) atoms. The Morgan fingerprint density at radius 2 is 1.72 bits per heavy atom. The molecule has 0 aliphatic rings. The van der Waals surface area contributed by atoms with Crippen molar-refractivity contribution in [2.24, 2.45) is 0 Å². The van der Waals surface area contributed by atoms with Gasteiger partial charge < -0.3 is 10.6 Å². The van der Waals surface area contributed by atoms with Gasteiger partial charge >= 0.3 is 0 Å². The minimum Gasteiger partial charge on any atom is -0.352 e. The minimum absolute atomic E-state index is 0.152. The molecule has 0 aliphatic carbocycles. The smallest absolute Gasteiger partial charge is 0.252 e. The number of hydrogen-bond acceptors (Lipinski definition) is 5. The summed E-state index contributed by atoms with van der Waals surface area (Å²) in [6.45, 7) is 0.664. The first-order valence-electron chi connectivity index (χ1n) is 10.1. The van der Waals surface area contributed by atoms with Gasteiger partial charge in [-0.1, -0.05) is 30.3 Å². The topological polar surface area (TPSA) is 95.6 Å². The van der Waals surface area contributed by atoms with Crippen molar-refractivity contribution in [1.82, 2.24) is 9.62 Å². The molecular formula is C23H25N3O4S2. The first kappa shape index (κ1) is 23.6. The second-order valence-corrected chi connectivity index (χ2v) is 10.0. The van der Waals surface area contributed by atoms with E-state index in [9.17, 15) is 18.0 Å². The van der Waals surface area contributed by atoms with E-state index in [0.29, 0.717) is 24.2 Å². The van der Waals surface area contributed by atoms with Crippen LogP contribution in [0.15, 0.2) is 76.3 Å². The van der Waals surface area contributed by atoms with Gasteiger partial charge in [0.1, 0.15) is 0 Å². The van der Waals surface area contributed by atoms with Crippen LogP contribution in [0.2, 0.25) is 0 Å². The standard InChI is InChI=1S/C23H25N3O4S2/c1-26(16-18-6-3-2-4-7-18)32(29,30)21-11-9-20(10-12-21)25-22(27)8-5-14-24-23(28)19-13-15-31-17-19/h2-4,6-7,9-13,15,17H,5,8,14,16H2,1H3,(H,24,28)(H,25,27). The van der Waals surface area contributed by atoms with Crippen LogP contribution in [-0.2, 0) is 21.4 Å². The molecule has 0 bridgehead atoms. The van der Waals surface area contributed by atoms with Crippen LogP contribution in [-0.4, -0.2) is 38.1 Å². The van der Waals surface area contributed by atoms with Crippen molar-refractivity contribution in [2.75, 3.05) is 18.9 Å². The third-order valence-corrected chi connectivity index (χ3v) is 7.24. The summed E-state index contributed by atoms with van der Waals surface area (Å²) in [7, 11) is -2.11. The van der Waals surface area contributed by atoms with Crippen LogP contribution in [0.4, 0.5) is 5.69 Å². The third-order valence-electron chi connectivity index (χ3n) is 4.74. The van der Waals surface area contributed by atoms with Crippen molar-refractivity contribution in [3.63, 3.8) is 0 Å². The number of carbonyl (C=O) groups is 2. The van der Waals surface area contributed by atoms with Crippen LogP contribution in [0.25, 0.3) is 0 Å². The predicted octanol–water partition coefficient (Wildman–Crippen LogP) is 3.72. The molecule has 2 aromatic carbocycles. The number of nitrogens with one attached hydrogen (secondary N) is 2. The average Bonchev–Trinajstić information content (AvgIpc) is 3.33. The molecule has 9 heteroatoms. The fraction of sp³-hybridized carbons (Fsp3) is 0.217. The number of rotatable bonds is 10. The summed E-state index contributed by atoms with van der Waals surface area (Å²) in [5.41, 5.74) is 2.03. The lowest BCUT2D eigenvalue weighted by Crippen LogP contribution is -2.26. The highest BCUT2D eigenvalue weighted by molar-refractivity contribution is 7.89. The van der Waals surface area contributed by atoms with Crippen molar-refractivity contribution >= 4 is 38.9 Å². The van der Waals surface area contributed by atoms with Gasteiger partial charge in [0.25, 0.3) is 5.91 Å². The van der Waals surface area contributed by atoms with E-state index in [2.05, 4.69) is 10.6 Å². The first-order chi connectivity index (χ1) is 15.4. The Bertz CT molecular complexity index is 1130. The summed E-state index contributed by atoms with van der Waals surface area (Å²) in [5.74, 6) is -0.354. The highest BCUT2D eigenvalue weighted by atomic mass is 32.2. The molecule has 3 aromatic rings. The van der Waals surface area contributed by atoms with Crippen LogP contribution in [0.1, 0.15) is 28.8 Å². The van der Waals surface area contributed by atoms with E-state index in [1.54, 1.807) is 23.6 Å². The van der Waals surface area contributed by atoms with Gasteiger partial charge in [-0.25, -0.2) is 8.42 Å². The van der Waals surface area contributed by atoms with E-state index < -0.39 is 10.0 Å². The van der Waals surface area contributed by atoms with Gasteiger partial charge in [0, 0.05) is 43.2 Å². The number of sulfonamides is 1. The zero-order valence-electron chi connectivity index (χ0n) is 17.7. The summed E-state index contributed by atoms with van der Waals surface area (Å²) in [6.07, 6.45) is 0.738. The van der Waals surface area contributed by atoms with Gasteiger partial charge in [0.05, 0.1) is 4.90 Å². The van der Waals surface area contributed by atoms with Crippen molar-refractivity contribution in [3.8, 4) is 0 Å². The number of amides is 2. The molecule has 2 N–H and O–H groups in total. The van der Waals surface area contributed by atoms with E-state index in [1.165, 1.54) is 34.8 Å². The molecule has 0 spiro atoms. The highest BCUT2D eigenvalue weighted by Crippen LogP contribution is 2.19. The van der Waals surface area contributed by atoms with Crippen LogP contribution < -0.4 is 10.6 Å². The molecule has 168 valence electrons. The normalized spacial score (nSPS) is 11.3. The fourth-order valence-corrected chi connectivity index (χ4v) is 4.78. The first-order valence-corrected chi connectivity index (χ1v) is 12.4. The van der Waals surface area contributed by atoms with Crippen molar-refractivity contribution in [1.29, 1.82) is 0 Å². The summed E-state index contributed by atoms with van der Waals surface area (Å²) < 4.78 is 26.9. The lowest BCUT2D eigenvalue weighted by molar-refractivity contribution is -0.116. The second-order valence-electron chi connectivity index (χ2n) is 7.19. The number of hydrogen-bond donors (Lipinski definition) is 2. The third kappa shape index (κ3) is 6.49. The van der Waals surface area contributed by atoms with E-state index in [1.807, 2.05) is 35.7 Å². The number of anilines is 1. The Balaban J connectivity index is 1.47. The van der Waals surface area contributed by atoms with Crippen LogP contribution in [0.5, 0.6) is 0 Å². The summed E-state index contributed by atoms with van der Waals surface area (Å²) in [5, 5.41) is 9.12. The molecule has 0 saturated carbocycles. The van der Waals surface area contributed by atoms with Gasteiger partial charge in [0.15, 0.2) is 0 Å². The van der Waals surface area contributed by atoms with E-state index >= 15 is 0 Å². The van der Waals surface area contributed by atoms with Gasteiger partial charge in [-0.3, -0.25) is 9.59 Å². The second kappa shape index (κ2) is 11.0. The summed E-state index contributed by atoms with van der Waals surface area (Å²) in [4.78, 5) is 24.1. The highest BCUT2D eigenvalue weighted by Gasteiger charge is 2.20. The average molecular weight is 472 g/mol. The molecule has 0 atom stereocenters. The Kier molecular flexibility index (Phi) is 8.15. The van der Waals surface area contributed by atoms with Crippen LogP contribution in [0, 0.1) is 0 Å². The molecular weight excluding hydrogens is 446 g/mol. The zero-order chi connectivity index (χ0) is 23.0.